The maximum absolute atomic E-state index is 14.2. The van der Waals surface area contributed by atoms with Crippen molar-refractivity contribution in [1.29, 1.82) is 0 Å². The summed E-state index contributed by atoms with van der Waals surface area (Å²) in [5, 5.41) is 7.64. The minimum Gasteiger partial charge on any atom is -0.348 e. The first kappa shape index (κ1) is 19.2. The van der Waals surface area contributed by atoms with Crippen molar-refractivity contribution in [3.8, 4) is 28.2 Å². The molecule has 4 aromatic rings. The van der Waals surface area contributed by atoms with Gasteiger partial charge in [-0.2, -0.15) is 5.10 Å². The van der Waals surface area contributed by atoms with Gasteiger partial charge < -0.3 is 5.32 Å². The molecule has 0 atom stereocenters. The van der Waals surface area contributed by atoms with Gasteiger partial charge in [0.1, 0.15) is 11.6 Å². The third-order valence-corrected chi connectivity index (χ3v) is 5.56. The van der Waals surface area contributed by atoms with Gasteiger partial charge in [0.25, 0.3) is 5.91 Å². The SMILES string of the molecule is Cc1cc(F)cc(-c2cc(-c3cccc4c3CNC4=O)nn2-c2ccc(F)c(C)c2)c1. The molecule has 5 rings (SSSR count). The van der Waals surface area contributed by atoms with E-state index in [4.69, 9.17) is 5.10 Å². The number of benzene rings is 3. The van der Waals surface area contributed by atoms with Gasteiger partial charge in [-0.25, -0.2) is 13.5 Å². The number of aryl methyl sites for hydroxylation is 2. The molecule has 154 valence electrons. The fraction of sp³-hybridized carbons (Fsp3) is 0.120. The first-order valence-corrected chi connectivity index (χ1v) is 9.95. The van der Waals surface area contributed by atoms with Crippen molar-refractivity contribution in [2.75, 3.05) is 0 Å². The van der Waals surface area contributed by atoms with E-state index in [1.807, 2.05) is 31.2 Å². The van der Waals surface area contributed by atoms with Crippen LogP contribution in [0, 0.1) is 25.5 Å². The van der Waals surface area contributed by atoms with Gasteiger partial charge in [-0.05, 0) is 79.1 Å². The summed E-state index contributed by atoms with van der Waals surface area (Å²) in [7, 11) is 0. The lowest BCUT2D eigenvalue weighted by atomic mass is 10.00. The van der Waals surface area contributed by atoms with Crippen LogP contribution >= 0.6 is 0 Å². The lowest BCUT2D eigenvalue weighted by Crippen LogP contribution is -2.12. The zero-order chi connectivity index (χ0) is 21.7. The zero-order valence-electron chi connectivity index (χ0n) is 17.0. The van der Waals surface area contributed by atoms with Crippen molar-refractivity contribution in [3.05, 3.63) is 94.6 Å². The lowest BCUT2D eigenvalue weighted by molar-refractivity contribution is 0.0965. The van der Waals surface area contributed by atoms with Crippen molar-refractivity contribution in [1.82, 2.24) is 15.1 Å². The van der Waals surface area contributed by atoms with E-state index in [1.165, 1.54) is 18.2 Å². The van der Waals surface area contributed by atoms with E-state index < -0.39 is 0 Å². The molecule has 3 aromatic carbocycles. The Morgan fingerprint density at radius 3 is 2.55 bits per heavy atom. The summed E-state index contributed by atoms with van der Waals surface area (Å²) in [5.74, 6) is -0.744. The first-order chi connectivity index (χ1) is 14.9. The number of hydrogen-bond acceptors (Lipinski definition) is 2. The quantitative estimate of drug-likeness (QED) is 0.491. The minimum atomic E-state index is -0.338. The van der Waals surface area contributed by atoms with Crippen molar-refractivity contribution in [2.24, 2.45) is 0 Å². The number of nitrogens with one attached hydrogen (secondary N) is 1. The molecule has 1 amide bonds. The van der Waals surface area contributed by atoms with Crippen LogP contribution in [-0.4, -0.2) is 15.7 Å². The predicted octanol–water partition coefficient (Wildman–Crippen LogP) is 5.34. The number of rotatable bonds is 3. The van der Waals surface area contributed by atoms with E-state index in [-0.39, 0.29) is 17.5 Å². The second-order valence-electron chi connectivity index (χ2n) is 7.79. The Bertz CT molecular complexity index is 1340. The van der Waals surface area contributed by atoms with Crippen LogP contribution in [0.25, 0.3) is 28.2 Å². The van der Waals surface area contributed by atoms with Gasteiger partial charge in [-0.15, -0.1) is 0 Å². The summed E-state index contributed by atoms with van der Waals surface area (Å²) in [4.78, 5) is 12.1. The summed E-state index contributed by atoms with van der Waals surface area (Å²) in [6.07, 6.45) is 0. The number of halogens is 2. The van der Waals surface area contributed by atoms with Gasteiger partial charge >= 0.3 is 0 Å². The molecule has 0 fully saturated rings. The highest BCUT2D eigenvalue weighted by molar-refractivity contribution is 6.00. The molecule has 6 heteroatoms. The molecule has 0 unspecified atom stereocenters. The van der Waals surface area contributed by atoms with Gasteiger partial charge in [0, 0.05) is 23.2 Å². The largest absolute Gasteiger partial charge is 0.348 e. The summed E-state index contributed by atoms with van der Waals surface area (Å²) >= 11 is 0. The number of amides is 1. The van der Waals surface area contributed by atoms with Crippen LogP contribution in [0.1, 0.15) is 27.0 Å². The van der Waals surface area contributed by atoms with Crippen molar-refractivity contribution >= 4 is 5.91 Å². The third-order valence-electron chi connectivity index (χ3n) is 5.56. The van der Waals surface area contributed by atoms with Crippen molar-refractivity contribution in [2.45, 2.75) is 20.4 Å². The van der Waals surface area contributed by atoms with E-state index in [1.54, 1.807) is 29.8 Å². The number of carbonyl (C=O) groups excluding carboxylic acids is 1. The first-order valence-electron chi connectivity index (χ1n) is 9.95. The van der Waals surface area contributed by atoms with Gasteiger partial charge in [-0.3, -0.25) is 4.79 Å². The van der Waals surface area contributed by atoms with Gasteiger partial charge in [0.2, 0.25) is 0 Å². The molecule has 2 heterocycles. The number of fused-ring (bicyclic) bond motifs is 1. The molecule has 1 aromatic heterocycles. The fourth-order valence-electron chi connectivity index (χ4n) is 4.05. The maximum Gasteiger partial charge on any atom is 0.251 e. The van der Waals surface area contributed by atoms with Crippen LogP contribution in [0.4, 0.5) is 8.78 Å². The Hall–Kier alpha value is -3.80. The van der Waals surface area contributed by atoms with Gasteiger partial charge in [0.15, 0.2) is 0 Å². The second-order valence-corrected chi connectivity index (χ2v) is 7.79. The normalized spacial score (nSPS) is 12.7. The molecule has 1 aliphatic rings. The highest BCUT2D eigenvalue weighted by atomic mass is 19.1. The van der Waals surface area contributed by atoms with Crippen LogP contribution < -0.4 is 5.32 Å². The Morgan fingerprint density at radius 1 is 0.968 bits per heavy atom. The van der Waals surface area contributed by atoms with E-state index in [0.29, 0.717) is 40.3 Å². The Balaban J connectivity index is 1.75. The minimum absolute atomic E-state index is 0.105. The number of carbonyl (C=O) groups is 1. The van der Waals surface area contributed by atoms with E-state index in [0.717, 1.165) is 16.7 Å². The zero-order valence-corrected chi connectivity index (χ0v) is 17.0. The lowest BCUT2D eigenvalue weighted by Gasteiger charge is -2.10. The molecule has 4 nitrogen and oxygen atoms in total. The van der Waals surface area contributed by atoms with Crippen LogP contribution in [0.5, 0.6) is 0 Å². The highest BCUT2D eigenvalue weighted by Gasteiger charge is 2.24. The highest BCUT2D eigenvalue weighted by Crippen LogP contribution is 2.33. The second kappa shape index (κ2) is 7.16. The monoisotopic (exact) mass is 415 g/mol. The molecule has 0 saturated carbocycles. The van der Waals surface area contributed by atoms with Gasteiger partial charge in [-0.1, -0.05) is 12.1 Å². The van der Waals surface area contributed by atoms with E-state index in [9.17, 15) is 13.6 Å². The molecule has 0 spiro atoms. The Morgan fingerprint density at radius 2 is 1.77 bits per heavy atom. The molecule has 0 radical (unpaired) electrons. The Labute approximate surface area is 178 Å². The smallest absolute Gasteiger partial charge is 0.251 e. The van der Waals surface area contributed by atoms with Crippen LogP contribution in [0.15, 0.2) is 60.7 Å². The third kappa shape index (κ3) is 3.30. The maximum atomic E-state index is 14.2. The number of aromatic nitrogens is 2. The van der Waals surface area contributed by atoms with E-state index in [2.05, 4.69) is 5.32 Å². The molecule has 0 aliphatic carbocycles. The summed E-state index contributed by atoms with van der Waals surface area (Å²) in [6, 6.07) is 17.0. The summed E-state index contributed by atoms with van der Waals surface area (Å²) in [6.45, 7) is 3.95. The molecule has 31 heavy (non-hydrogen) atoms. The average Bonchev–Trinajstić information content (AvgIpc) is 3.34. The number of nitrogens with zero attached hydrogens (tertiary/aromatic N) is 2. The van der Waals surface area contributed by atoms with E-state index >= 15 is 0 Å². The summed E-state index contributed by atoms with van der Waals surface area (Å²) in [5.41, 5.74) is 6.31. The average molecular weight is 415 g/mol. The fourth-order valence-corrected chi connectivity index (χ4v) is 4.05. The predicted molar refractivity (Wildman–Crippen MR) is 115 cm³/mol. The molecule has 1 N–H and O–H groups in total. The van der Waals surface area contributed by atoms with Crippen molar-refractivity contribution in [3.63, 3.8) is 0 Å². The molecule has 1 aliphatic heterocycles. The topological polar surface area (TPSA) is 46.9 Å². The van der Waals surface area contributed by atoms with Gasteiger partial charge in [0.05, 0.1) is 17.1 Å². The molecule has 0 saturated heterocycles. The Kier molecular flexibility index (Phi) is 4.43. The summed E-state index contributed by atoms with van der Waals surface area (Å²) < 4.78 is 29.8. The standard InChI is InChI=1S/C25H19F2N3O/c1-14-8-16(11-17(26)9-14)24-12-23(19-4-3-5-20-21(19)13-28-25(20)31)29-30(24)18-6-7-22(27)15(2)10-18/h3-12H,13H2,1-2H3,(H,28,31). The molecular weight excluding hydrogens is 396 g/mol. The van der Waals surface area contributed by atoms with Crippen LogP contribution in [-0.2, 0) is 6.54 Å². The molecular formula is C25H19F2N3O. The van der Waals surface area contributed by atoms with Crippen molar-refractivity contribution < 1.29 is 13.6 Å². The van der Waals surface area contributed by atoms with Crippen LogP contribution in [0.2, 0.25) is 0 Å². The molecule has 0 bridgehead atoms. The number of hydrogen-bond donors (Lipinski definition) is 1. The van der Waals surface area contributed by atoms with Crippen LogP contribution in [0.3, 0.4) is 0 Å².